The maximum atomic E-state index is 4.79. The van der Waals surface area contributed by atoms with E-state index >= 15 is 0 Å². The van der Waals surface area contributed by atoms with E-state index in [9.17, 15) is 0 Å². The molecule has 0 radical (unpaired) electrons. The summed E-state index contributed by atoms with van der Waals surface area (Å²) < 4.78 is 6.44. The topological polar surface area (TPSA) is 100 Å². The first-order valence-electron chi connectivity index (χ1n) is 27.8. The SMILES string of the molecule is CC(C)(C)CC1C2CCc3nnn(C(C)(C)C)c3CCC21.CC(C)(C)N1Cc2ccccc2-c2c(n[nH][n+]2C(C)(C)C)-c2ccccc21.CC(C)(C)N1Cc2ccccc2-c2nnn(C(C)(C)C)c2-c2ccccc21. The van der Waals surface area contributed by atoms with Crippen molar-refractivity contribution < 1.29 is 4.68 Å². The second-order valence-electron chi connectivity index (χ2n) is 28.0. The molecular formula is C64H88N11+. The molecule has 3 unspecified atom stereocenters. The van der Waals surface area contributed by atoms with Crippen molar-refractivity contribution >= 4 is 11.4 Å². The van der Waals surface area contributed by atoms with Crippen molar-refractivity contribution in [2.45, 2.75) is 198 Å². The molecule has 1 fully saturated rings. The summed E-state index contributed by atoms with van der Waals surface area (Å²) >= 11 is 0. The van der Waals surface area contributed by atoms with E-state index in [4.69, 9.17) is 5.10 Å². The van der Waals surface area contributed by atoms with Crippen LogP contribution in [0.5, 0.6) is 0 Å². The molecule has 11 nitrogen and oxygen atoms in total. The van der Waals surface area contributed by atoms with Gasteiger partial charge < -0.3 is 9.80 Å². The van der Waals surface area contributed by atoms with Gasteiger partial charge in [-0.05, 0) is 188 Å². The highest BCUT2D eigenvalue weighted by Gasteiger charge is 2.51. The molecule has 3 atom stereocenters. The van der Waals surface area contributed by atoms with Crippen molar-refractivity contribution in [3.05, 3.63) is 120 Å². The second kappa shape index (κ2) is 19.5. The molecule has 7 aromatic rings. The quantitative estimate of drug-likeness (QED) is 0.164. The van der Waals surface area contributed by atoms with Gasteiger partial charge in [-0.25, -0.2) is 9.36 Å². The lowest BCUT2D eigenvalue weighted by Gasteiger charge is -2.40. The van der Waals surface area contributed by atoms with Crippen molar-refractivity contribution in [1.29, 1.82) is 0 Å². The van der Waals surface area contributed by atoms with Crippen molar-refractivity contribution in [3.8, 4) is 45.0 Å². The van der Waals surface area contributed by atoms with Gasteiger partial charge in [-0.2, -0.15) is 0 Å². The lowest BCUT2D eigenvalue weighted by Crippen LogP contribution is -2.53. The second-order valence-corrected chi connectivity index (χ2v) is 28.0. The molecule has 11 rings (SSSR count). The number of aromatic nitrogens is 9. The molecule has 0 saturated heterocycles. The predicted octanol–water partition coefficient (Wildman–Crippen LogP) is 14.6. The summed E-state index contributed by atoms with van der Waals surface area (Å²) in [6.07, 6.45) is 6.34. The van der Waals surface area contributed by atoms with E-state index in [1.54, 1.807) is 0 Å². The number of H-pyrrole nitrogens is 1. The Morgan fingerprint density at radius 1 is 0.507 bits per heavy atom. The van der Waals surface area contributed by atoms with Crippen LogP contribution in [0.25, 0.3) is 45.0 Å². The molecule has 0 amide bonds. The zero-order chi connectivity index (χ0) is 54.2. The summed E-state index contributed by atoms with van der Waals surface area (Å²) in [4.78, 5) is 4.98. The molecule has 3 aromatic heterocycles. The van der Waals surface area contributed by atoms with Gasteiger partial charge in [-0.15, -0.1) is 14.9 Å². The molecule has 398 valence electrons. The van der Waals surface area contributed by atoms with E-state index in [1.165, 1.54) is 87.5 Å². The van der Waals surface area contributed by atoms with Gasteiger partial charge in [-0.1, -0.05) is 115 Å². The van der Waals surface area contributed by atoms with Crippen LogP contribution < -0.4 is 14.5 Å². The van der Waals surface area contributed by atoms with E-state index < -0.39 is 0 Å². The lowest BCUT2D eigenvalue weighted by atomic mass is 9.88. The van der Waals surface area contributed by atoms with Crippen LogP contribution >= 0.6 is 0 Å². The fourth-order valence-corrected chi connectivity index (χ4v) is 12.0. The Labute approximate surface area is 449 Å². The lowest BCUT2D eigenvalue weighted by molar-refractivity contribution is -0.796. The Bertz CT molecular complexity index is 3140. The number of benzene rings is 4. The van der Waals surface area contributed by atoms with Gasteiger partial charge in [0, 0.05) is 57.3 Å². The number of nitrogens with zero attached hydrogens (tertiary/aromatic N) is 10. The van der Waals surface area contributed by atoms with Crippen LogP contribution in [0, 0.1) is 23.2 Å². The normalized spacial score (nSPS) is 18.3. The largest absolute Gasteiger partial charge is 0.362 e. The van der Waals surface area contributed by atoms with E-state index in [2.05, 4.69) is 271 Å². The van der Waals surface area contributed by atoms with E-state index in [0.717, 1.165) is 54.3 Å². The molecule has 2 aliphatic heterocycles. The smallest absolute Gasteiger partial charge is 0.258 e. The number of hydrogen-bond donors (Lipinski definition) is 1. The number of hydrogen-bond acceptors (Lipinski definition) is 7. The van der Waals surface area contributed by atoms with Crippen molar-refractivity contribution in [2.24, 2.45) is 23.2 Å². The molecule has 0 spiro atoms. The highest BCUT2D eigenvalue weighted by atomic mass is 15.5. The van der Waals surface area contributed by atoms with Gasteiger partial charge in [0.15, 0.2) is 0 Å². The van der Waals surface area contributed by atoms with Gasteiger partial charge in [0.25, 0.3) is 5.69 Å². The van der Waals surface area contributed by atoms with Crippen LogP contribution in [0.15, 0.2) is 97.1 Å². The minimum absolute atomic E-state index is 0.00295. The average Bonchev–Trinajstić information content (AvgIpc) is 3.74. The molecule has 5 heterocycles. The molecule has 4 aliphatic rings. The van der Waals surface area contributed by atoms with Gasteiger partial charge in [0.2, 0.25) is 5.69 Å². The molecule has 1 N–H and O–H groups in total. The minimum Gasteiger partial charge on any atom is -0.362 e. The Morgan fingerprint density at radius 3 is 1.53 bits per heavy atom. The number of aromatic amines is 1. The number of rotatable bonds is 1. The standard InChI is InChI=1S/2C23H28N4.C18H31N3/c1-22(2,3)26-15-16-11-7-8-12-17(16)21-20(18-13-9-10-14-19(18)26)24-25-27(21)23(4,5)6;1-22(2,3)26-15-16-11-7-8-12-17(16)20-21(18-13-9-10-14-19(18)26)27(25-24-20)23(4,5)6;1-17(2,3)11-14-12-7-9-15-16(10-8-13(12)14)21(20-19-15)18(4,5)6/h2*7-14H,15H2,1-6H3;12-14H,7-11H2,1-6H3/p+1. The zero-order valence-electron chi connectivity index (χ0n) is 48.9. The molecule has 11 heteroatoms. The number of anilines is 2. The van der Waals surface area contributed by atoms with E-state index in [-0.39, 0.29) is 27.7 Å². The van der Waals surface area contributed by atoms with Gasteiger partial charge in [-0.3, -0.25) is 0 Å². The summed E-state index contributed by atoms with van der Waals surface area (Å²) in [5.41, 5.74) is 17.0. The third-order valence-corrected chi connectivity index (χ3v) is 15.7. The maximum Gasteiger partial charge on any atom is 0.258 e. The first-order valence-corrected chi connectivity index (χ1v) is 27.8. The fourth-order valence-electron chi connectivity index (χ4n) is 12.0. The summed E-state index contributed by atoms with van der Waals surface area (Å²) in [5, 5.41) is 26.2. The fraction of sp³-hybridized carbons (Fsp3) is 0.531. The first kappa shape index (κ1) is 53.7. The van der Waals surface area contributed by atoms with Crippen molar-refractivity contribution in [3.63, 3.8) is 0 Å². The van der Waals surface area contributed by atoms with E-state index in [1.807, 2.05) is 0 Å². The highest BCUT2D eigenvalue weighted by molar-refractivity contribution is 5.89. The predicted molar refractivity (Wildman–Crippen MR) is 309 cm³/mol. The minimum atomic E-state index is -0.158. The van der Waals surface area contributed by atoms with Crippen LogP contribution in [-0.4, -0.2) is 51.4 Å². The van der Waals surface area contributed by atoms with Crippen LogP contribution in [-0.2, 0) is 42.5 Å². The number of para-hydroxylation sites is 2. The first-order chi connectivity index (χ1) is 35.0. The molecule has 0 bridgehead atoms. The summed E-state index contributed by atoms with van der Waals surface area (Å²) in [6.45, 7) is 42.3. The molecule has 75 heavy (non-hydrogen) atoms. The zero-order valence-corrected chi connectivity index (χ0v) is 48.9. The number of nitrogens with one attached hydrogen (secondary N) is 1. The number of aryl methyl sites for hydroxylation is 1. The maximum absolute atomic E-state index is 4.79. The highest BCUT2D eigenvalue weighted by Crippen LogP contribution is 2.57. The Kier molecular flexibility index (Phi) is 14.0. The molecule has 4 aromatic carbocycles. The van der Waals surface area contributed by atoms with Crippen molar-refractivity contribution in [1.82, 2.24) is 40.3 Å². The van der Waals surface area contributed by atoms with Crippen LogP contribution in [0.3, 0.4) is 0 Å². The third-order valence-electron chi connectivity index (χ3n) is 15.7. The van der Waals surface area contributed by atoms with Crippen LogP contribution in [0.1, 0.15) is 166 Å². The number of fused-ring (bicyclic) bond motifs is 12. The Hall–Kier alpha value is -6.10. The Balaban J connectivity index is 0.000000139. The summed E-state index contributed by atoms with van der Waals surface area (Å²) in [7, 11) is 0. The van der Waals surface area contributed by atoms with Gasteiger partial charge in [0.05, 0.1) is 33.7 Å². The van der Waals surface area contributed by atoms with Gasteiger partial charge in [0.1, 0.15) is 11.2 Å². The van der Waals surface area contributed by atoms with Gasteiger partial charge >= 0.3 is 0 Å². The summed E-state index contributed by atoms with van der Waals surface area (Å²) in [5.74, 6) is 2.88. The third kappa shape index (κ3) is 11.0. The average molecular weight is 1010 g/mol. The Morgan fingerprint density at radius 2 is 0.987 bits per heavy atom. The molecule has 2 aliphatic carbocycles. The van der Waals surface area contributed by atoms with Crippen LogP contribution in [0.4, 0.5) is 11.4 Å². The summed E-state index contributed by atoms with van der Waals surface area (Å²) in [6, 6.07) is 34.6. The molecule has 1 saturated carbocycles. The molecular weight excluding hydrogens is 923 g/mol. The van der Waals surface area contributed by atoms with E-state index in [0.29, 0.717) is 5.41 Å². The monoisotopic (exact) mass is 1010 g/mol. The van der Waals surface area contributed by atoms with Crippen molar-refractivity contribution in [2.75, 3.05) is 9.80 Å². The van der Waals surface area contributed by atoms with Crippen LogP contribution in [0.2, 0.25) is 0 Å².